The van der Waals surface area contributed by atoms with Crippen LogP contribution >= 0.6 is 0 Å². The zero-order valence-electron chi connectivity index (χ0n) is 9.89. The Hall–Kier alpha value is -0.642. The van der Waals surface area contributed by atoms with E-state index in [1.807, 2.05) is 12.3 Å². The number of nitrogens with one attached hydrogen (secondary N) is 1. The van der Waals surface area contributed by atoms with E-state index in [2.05, 4.69) is 20.2 Å². The monoisotopic (exact) mass is 298 g/mol. The van der Waals surface area contributed by atoms with Crippen LogP contribution in [0, 0.1) is 0 Å². The summed E-state index contributed by atoms with van der Waals surface area (Å²) in [6.07, 6.45) is 2.74. The summed E-state index contributed by atoms with van der Waals surface area (Å²) in [6, 6.07) is 1.99. The molecule has 0 radical (unpaired) electrons. The van der Waals surface area contributed by atoms with Gasteiger partial charge in [-0.3, -0.25) is 0 Å². The van der Waals surface area contributed by atoms with Gasteiger partial charge in [0.05, 0.1) is 0 Å². The van der Waals surface area contributed by atoms with Crippen LogP contribution in [0.5, 0.6) is 0 Å². The second-order valence-electron chi connectivity index (χ2n) is 3.98. The van der Waals surface area contributed by atoms with Crippen molar-refractivity contribution in [2.75, 3.05) is 37.7 Å². The van der Waals surface area contributed by atoms with Gasteiger partial charge in [0.1, 0.15) is 0 Å². The number of piperazine rings is 1. The Morgan fingerprint density at radius 3 is 3.00 bits per heavy atom. The topological polar surface area (TPSA) is 61.3 Å². The summed E-state index contributed by atoms with van der Waals surface area (Å²) in [5.41, 5.74) is 0. The molecule has 1 aromatic heterocycles. The van der Waals surface area contributed by atoms with Crippen LogP contribution in [0.15, 0.2) is 12.3 Å². The molecule has 1 atom stereocenters. The SMILES string of the molecule is OCCC[AsH]c1nccc(N2CCNCC2)n1. The van der Waals surface area contributed by atoms with Crippen LogP contribution in [0.4, 0.5) is 5.82 Å². The third kappa shape index (κ3) is 3.94. The molecule has 0 saturated carbocycles. The average molecular weight is 298 g/mol. The first-order valence-electron chi connectivity index (χ1n) is 6.03. The van der Waals surface area contributed by atoms with E-state index in [1.54, 1.807) is 0 Å². The summed E-state index contributed by atoms with van der Waals surface area (Å²) < 4.78 is 1.01. The molecule has 1 unspecified atom stereocenters. The summed E-state index contributed by atoms with van der Waals surface area (Å²) in [6.45, 7) is 4.38. The van der Waals surface area contributed by atoms with Crippen LogP contribution in [0.2, 0.25) is 5.21 Å². The Bertz CT molecular complexity index is 344. The predicted molar refractivity (Wildman–Crippen MR) is 70.4 cm³/mol. The summed E-state index contributed by atoms with van der Waals surface area (Å²) in [4.78, 5) is 11.3. The van der Waals surface area contributed by atoms with Gasteiger partial charge in [-0.25, -0.2) is 0 Å². The summed E-state index contributed by atoms with van der Waals surface area (Å²) in [7, 11) is 0. The predicted octanol–water partition coefficient (Wildman–Crippen LogP) is -1.25. The van der Waals surface area contributed by atoms with E-state index >= 15 is 0 Å². The number of aromatic nitrogens is 2. The van der Waals surface area contributed by atoms with Gasteiger partial charge in [-0.1, -0.05) is 0 Å². The van der Waals surface area contributed by atoms with Gasteiger partial charge in [-0.05, 0) is 0 Å². The van der Waals surface area contributed by atoms with Gasteiger partial charge < -0.3 is 0 Å². The number of nitrogens with zero attached hydrogens (tertiary/aromatic N) is 3. The Balaban J connectivity index is 1.95. The normalized spacial score (nSPS) is 16.9. The molecular formula is C11H19AsN4O. The van der Waals surface area contributed by atoms with Crippen molar-refractivity contribution in [3.8, 4) is 0 Å². The van der Waals surface area contributed by atoms with E-state index in [4.69, 9.17) is 5.11 Å². The molecule has 1 saturated heterocycles. The van der Waals surface area contributed by atoms with E-state index in [1.165, 1.54) is 0 Å². The molecule has 0 bridgehead atoms. The van der Waals surface area contributed by atoms with Crippen molar-refractivity contribution < 1.29 is 5.11 Å². The Labute approximate surface area is 108 Å². The zero-order chi connectivity index (χ0) is 11.9. The van der Waals surface area contributed by atoms with Gasteiger partial charge in [0, 0.05) is 0 Å². The van der Waals surface area contributed by atoms with Gasteiger partial charge in [0.25, 0.3) is 0 Å². The molecule has 0 amide bonds. The van der Waals surface area contributed by atoms with Crippen molar-refractivity contribution in [2.45, 2.75) is 11.6 Å². The van der Waals surface area contributed by atoms with Gasteiger partial charge in [0.2, 0.25) is 0 Å². The molecule has 0 aliphatic carbocycles. The summed E-state index contributed by atoms with van der Waals surface area (Å²) in [5, 5.41) is 13.2. The first-order valence-corrected chi connectivity index (χ1v) is 8.57. The Morgan fingerprint density at radius 1 is 1.41 bits per heavy atom. The fourth-order valence-electron chi connectivity index (χ4n) is 1.78. The molecule has 94 valence electrons. The first kappa shape index (κ1) is 12.8. The molecule has 1 aliphatic rings. The molecule has 2 N–H and O–H groups in total. The van der Waals surface area contributed by atoms with Crippen LogP contribution in [-0.4, -0.2) is 63.6 Å². The average Bonchev–Trinajstić information content (AvgIpc) is 2.41. The molecule has 1 aliphatic heterocycles. The van der Waals surface area contributed by atoms with Crippen molar-refractivity contribution in [1.82, 2.24) is 15.3 Å². The van der Waals surface area contributed by atoms with Gasteiger partial charge in [-0.15, -0.1) is 0 Å². The number of aliphatic hydroxyl groups is 1. The minimum atomic E-state index is -0.279. The molecule has 0 aromatic carbocycles. The fraction of sp³-hybridized carbons (Fsp3) is 0.636. The van der Waals surface area contributed by atoms with Crippen LogP contribution < -0.4 is 14.8 Å². The number of hydrogen-bond donors (Lipinski definition) is 2. The summed E-state index contributed by atoms with van der Waals surface area (Å²) in [5.74, 6) is 1.06. The maximum absolute atomic E-state index is 8.77. The molecule has 0 spiro atoms. The van der Waals surface area contributed by atoms with Crippen molar-refractivity contribution >= 4 is 26.2 Å². The van der Waals surface area contributed by atoms with Crippen molar-refractivity contribution in [3.63, 3.8) is 0 Å². The maximum atomic E-state index is 8.77. The van der Waals surface area contributed by atoms with Crippen LogP contribution in [0.25, 0.3) is 0 Å². The molecule has 2 rings (SSSR count). The van der Waals surface area contributed by atoms with Crippen LogP contribution in [0.3, 0.4) is 0 Å². The Kier molecular flexibility index (Phi) is 5.23. The summed E-state index contributed by atoms with van der Waals surface area (Å²) >= 11 is -0.279. The zero-order valence-corrected chi connectivity index (χ0v) is 12.0. The van der Waals surface area contributed by atoms with Crippen LogP contribution in [0.1, 0.15) is 6.42 Å². The molecule has 17 heavy (non-hydrogen) atoms. The molecular weight excluding hydrogens is 279 g/mol. The van der Waals surface area contributed by atoms with E-state index in [-0.39, 0.29) is 22.4 Å². The molecule has 2 heterocycles. The van der Waals surface area contributed by atoms with E-state index in [9.17, 15) is 0 Å². The number of anilines is 1. The van der Waals surface area contributed by atoms with E-state index in [0.717, 1.165) is 48.2 Å². The number of aliphatic hydroxyl groups excluding tert-OH is 1. The number of rotatable bonds is 5. The third-order valence-electron chi connectivity index (χ3n) is 2.70. The molecule has 1 aromatic rings. The van der Waals surface area contributed by atoms with Crippen LogP contribution in [-0.2, 0) is 0 Å². The second-order valence-corrected chi connectivity index (χ2v) is 6.71. The minimum absolute atomic E-state index is 0.279. The second kappa shape index (κ2) is 6.94. The first-order chi connectivity index (χ1) is 8.40. The van der Waals surface area contributed by atoms with Gasteiger partial charge in [0.15, 0.2) is 0 Å². The van der Waals surface area contributed by atoms with Crippen molar-refractivity contribution in [2.24, 2.45) is 0 Å². The van der Waals surface area contributed by atoms with Gasteiger partial charge in [-0.2, -0.15) is 0 Å². The molecule has 6 heteroatoms. The van der Waals surface area contributed by atoms with E-state index in [0.29, 0.717) is 0 Å². The Morgan fingerprint density at radius 2 is 2.24 bits per heavy atom. The van der Waals surface area contributed by atoms with Gasteiger partial charge >= 0.3 is 108 Å². The molecule has 1 fully saturated rings. The van der Waals surface area contributed by atoms with Crippen molar-refractivity contribution in [1.29, 1.82) is 0 Å². The standard InChI is InChI=1S/C11H19AsN4O/c17-9-1-3-12-11-14-4-2-10(15-11)16-7-5-13-6-8-16/h2,4,12-13,17H,1,3,5-9H2. The third-order valence-corrected chi connectivity index (χ3v) is 5.14. The molecule has 5 nitrogen and oxygen atoms in total. The van der Waals surface area contributed by atoms with E-state index < -0.39 is 0 Å². The van der Waals surface area contributed by atoms with Crippen molar-refractivity contribution in [3.05, 3.63) is 12.3 Å². The number of hydrogen-bond acceptors (Lipinski definition) is 5. The fourth-order valence-corrected chi connectivity index (χ4v) is 3.71. The quantitative estimate of drug-likeness (QED) is 0.525.